The fourth-order valence-corrected chi connectivity index (χ4v) is 5.95. The molecule has 1 amide bonds. The first-order valence-electron chi connectivity index (χ1n) is 11.2. The van der Waals surface area contributed by atoms with E-state index in [-0.39, 0.29) is 48.8 Å². The molecule has 33 heavy (non-hydrogen) atoms. The number of benzene rings is 2. The van der Waals surface area contributed by atoms with Crippen molar-refractivity contribution in [3.05, 3.63) is 47.5 Å². The lowest BCUT2D eigenvalue weighted by Crippen LogP contribution is -2.50. The zero-order valence-corrected chi connectivity index (χ0v) is 19.8. The number of carbonyl (C=O) groups is 1. The van der Waals surface area contributed by atoms with Gasteiger partial charge in [0.2, 0.25) is 10.0 Å². The Morgan fingerprint density at radius 3 is 2.36 bits per heavy atom. The SMILES string of the molecule is COc1cc(C(=O)N2CCN(S(=O)(=O)c3cc(C)ccc3O)CC2)ccc1OC1CCCC1. The Morgan fingerprint density at radius 1 is 1.00 bits per heavy atom. The standard InChI is InChI=1S/C24H30N2O6S/c1-17-7-9-20(27)23(15-17)33(29,30)26-13-11-25(12-14-26)24(28)18-8-10-21(22(16-18)31-2)32-19-5-3-4-6-19/h7-10,15-16,19,27H,3-6,11-14H2,1-2H3. The first-order valence-corrected chi connectivity index (χ1v) is 12.7. The van der Waals surface area contributed by atoms with E-state index < -0.39 is 10.0 Å². The van der Waals surface area contributed by atoms with Crippen molar-refractivity contribution in [3.63, 3.8) is 0 Å². The molecule has 1 saturated carbocycles. The smallest absolute Gasteiger partial charge is 0.254 e. The predicted octanol–water partition coefficient (Wildman–Crippen LogP) is 3.18. The van der Waals surface area contributed by atoms with Gasteiger partial charge in [-0.25, -0.2) is 8.42 Å². The number of aromatic hydroxyl groups is 1. The highest BCUT2D eigenvalue weighted by Crippen LogP contribution is 2.33. The van der Waals surface area contributed by atoms with Gasteiger partial charge < -0.3 is 19.5 Å². The molecule has 178 valence electrons. The average molecular weight is 475 g/mol. The van der Waals surface area contributed by atoms with Crippen molar-refractivity contribution in [2.75, 3.05) is 33.3 Å². The minimum absolute atomic E-state index is 0.107. The molecule has 1 N–H and O–H groups in total. The quantitative estimate of drug-likeness (QED) is 0.691. The molecule has 0 radical (unpaired) electrons. The second kappa shape index (κ2) is 9.61. The number of carbonyl (C=O) groups excluding carboxylic acids is 1. The fraction of sp³-hybridized carbons (Fsp3) is 0.458. The molecule has 4 rings (SSSR count). The Hall–Kier alpha value is -2.78. The molecule has 9 heteroatoms. The number of ether oxygens (including phenoxy) is 2. The number of rotatable bonds is 6. The van der Waals surface area contributed by atoms with Crippen molar-refractivity contribution in [2.24, 2.45) is 0 Å². The summed E-state index contributed by atoms with van der Waals surface area (Å²) in [7, 11) is -2.30. The second-order valence-corrected chi connectivity index (χ2v) is 10.5. The summed E-state index contributed by atoms with van der Waals surface area (Å²) in [5.41, 5.74) is 1.22. The largest absolute Gasteiger partial charge is 0.507 e. The third-order valence-corrected chi connectivity index (χ3v) is 8.19. The highest BCUT2D eigenvalue weighted by Gasteiger charge is 2.32. The molecule has 0 unspecified atom stereocenters. The lowest BCUT2D eigenvalue weighted by molar-refractivity contribution is 0.0697. The summed E-state index contributed by atoms with van der Waals surface area (Å²) in [6, 6.07) is 9.68. The Morgan fingerprint density at radius 2 is 1.70 bits per heavy atom. The van der Waals surface area contributed by atoms with Crippen LogP contribution in [0.15, 0.2) is 41.3 Å². The second-order valence-electron chi connectivity index (χ2n) is 8.56. The van der Waals surface area contributed by atoms with E-state index >= 15 is 0 Å². The molecule has 0 atom stereocenters. The van der Waals surface area contributed by atoms with Crippen LogP contribution in [0.2, 0.25) is 0 Å². The molecular formula is C24H30N2O6S. The van der Waals surface area contributed by atoms with Crippen LogP contribution in [0.25, 0.3) is 0 Å². The zero-order chi connectivity index (χ0) is 23.6. The summed E-state index contributed by atoms with van der Waals surface area (Å²) in [6.45, 7) is 2.59. The van der Waals surface area contributed by atoms with Gasteiger partial charge in [0.15, 0.2) is 11.5 Å². The molecular weight excluding hydrogens is 444 g/mol. The molecule has 2 aromatic rings. The molecule has 1 heterocycles. The summed E-state index contributed by atoms with van der Waals surface area (Å²) in [4.78, 5) is 14.6. The Kier molecular flexibility index (Phi) is 6.81. The molecule has 2 fully saturated rings. The van der Waals surface area contributed by atoms with Crippen LogP contribution in [0.4, 0.5) is 0 Å². The summed E-state index contributed by atoms with van der Waals surface area (Å²) in [5.74, 6) is 0.695. The first-order chi connectivity index (χ1) is 15.8. The van der Waals surface area contributed by atoms with E-state index in [0.717, 1.165) is 31.2 Å². The van der Waals surface area contributed by atoms with E-state index in [1.54, 1.807) is 43.2 Å². The monoisotopic (exact) mass is 474 g/mol. The van der Waals surface area contributed by atoms with Gasteiger partial charge in [-0.3, -0.25) is 4.79 Å². The van der Waals surface area contributed by atoms with Crippen LogP contribution in [-0.2, 0) is 10.0 Å². The predicted molar refractivity (Wildman–Crippen MR) is 123 cm³/mol. The van der Waals surface area contributed by atoms with Crippen molar-refractivity contribution >= 4 is 15.9 Å². The molecule has 0 aromatic heterocycles. The molecule has 1 aliphatic heterocycles. The van der Waals surface area contributed by atoms with Crippen LogP contribution in [0.3, 0.4) is 0 Å². The lowest BCUT2D eigenvalue weighted by Gasteiger charge is -2.34. The van der Waals surface area contributed by atoms with Crippen molar-refractivity contribution in [1.29, 1.82) is 0 Å². The van der Waals surface area contributed by atoms with Gasteiger partial charge in [0.1, 0.15) is 10.6 Å². The first kappa shape index (κ1) is 23.4. The summed E-state index contributed by atoms with van der Waals surface area (Å²) in [5, 5.41) is 10.1. The number of piperazine rings is 1. The van der Waals surface area contributed by atoms with Gasteiger partial charge in [0.25, 0.3) is 5.91 Å². The Labute approximate surface area is 194 Å². The van der Waals surface area contributed by atoms with Crippen LogP contribution in [0.1, 0.15) is 41.6 Å². The van der Waals surface area contributed by atoms with Crippen LogP contribution in [0.5, 0.6) is 17.2 Å². The molecule has 8 nitrogen and oxygen atoms in total. The van der Waals surface area contributed by atoms with Gasteiger partial charge in [-0.1, -0.05) is 6.07 Å². The van der Waals surface area contributed by atoms with Crippen LogP contribution in [-0.4, -0.2) is 68.0 Å². The van der Waals surface area contributed by atoms with Gasteiger partial charge in [-0.15, -0.1) is 0 Å². The van der Waals surface area contributed by atoms with E-state index in [4.69, 9.17) is 9.47 Å². The highest BCUT2D eigenvalue weighted by atomic mass is 32.2. The maximum absolute atomic E-state index is 13.1. The maximum atomic E-state index is 13.1. The number of nitrogens with zero attached hydrogens (tertiary/aromatic N) is 2. The van der Waals surface area contributed by atoms with Gasteiger partial charge in [-0.2, -0.15) is 4.31 Å². The third kappa shape index (κ3) is 4.94. The number of hydrogen-bond donors (Lipinski definition) is 1. The topological polar surface area (TPSA) is 96.4 Å². The maximum Gasteiger partial charge on any atom is 0.254 e. The van der Waals surface area contributed by atoms with Gasteiger partial charge >= 0.3 is 0 Å². The van der Waals surface area contributed by atoms with E-state index in [1.165, 1.54) is 16.4 Å². The van der Waals surface area contributed by atoms with Gasteiger partial charge in [-0.05, 0) is 68.5 Å². The van der Waals surface area contributed by atoms with E-state index in [2.05, 4.69) is 0 Å². The summed E-state index contributed by atoms with van der Waals surface area (Å²) >= 11 is 0. The van der Waals surface area contributed by atoms with Crippen molar-refractivity contribution in [1.82, 2.24) is 9.21 Å². The van der Waals surface area contributed by atoms with Crippen molar-refractivity contribution in [3.8, 4) is 17.2 Å². The van der Waals surface area contributed by atoms with E-state index in [1.807, 2.05) is 0 Å². The Balaban J connectivity index is 1.43. The lowest BCUT2D eigenvalue weighted by atomic mass is 10.1. The van der Waals surface area contributed by atoms with Crippen molar-refractivity contribution in [2.45, 2.75) is 43.6 Å². The minimum Gasteiger partial charge on any atom is -0.507 e. The number of aryl methyl sites for hydroxylation is 1. The van der Waals surface area contributed by atoms with Gasteiger partial charge in [0, 0.05) is 31.7 Å². The van der Waals surface area contributed by atoms with Crippen LogP contribution < -0.4 is 9.47 Å². The number of hydrogen-bond acceptors (Lipinski definition) is 6. The number of phenols is 1. The molecule has 2 aliphatic rings. The molecule has 2 aromatic carbocycles. The highest BCUT2D eigenvalue weighted by molar-refractivity contribution is 7.89. The number of phenolic OH excluding ortho intramolecular Hbond substituents is 1. The molecule has 1 aliphatic carbocycles. The summed E-state index contributed by atoms with van der Waals surface area (Å²) < 4.78 is 38.8. The zero-order valence-electron chi connectivity index (χ0n) is 19.0. The fourth-order valence-electron chi connectivity index (χ4n) is 4.36. The van der Waals surface area contributed by atoms with Crippen molar-refractivity contribution < 1.29 is 27.8 Å². The molecule has 1 saturated heterocycles. The average Bonchev–Trinajstić information content (AvgIpc) is 3.33. The number of methoxy groups -OCH3 is 1. The Bertz CT molecular complexity index is 1120. The van der Waals surface area contributed by atoms with Crippen LogP contribution >= 0.6 is 0 Å². The van der Waals surface area contributed by atoms with E-state index in [0.29, 0.717) is 17.1 Å². The van der Waals surface area contributed by atoms with Gasteiger partial charge in [0.05, 0.1) is 13.2 Å². The van der Waals surface area contributed by atoms with E-state index in [9.17, 15) is 18.3 Å². The number of sulfonamides is 1. The normalized spacial score (nSPS) is 17.8. The number of amides is 1. The molecule has 0 spiro atoms. The van der Waals surface area contributed by atoms with Crippen LogP contribution in [0, 0.1) is 6.92 Å². The summed E-state index contributed by atoms with van der Waals surface area (Å²) in [6.07, 6.45) is 4.56. The minimum atomic E-state index is -3.85. The molecule has 0 bridgehead atoms. The third-order valence-electron chi connectivity index (χ3n) is 6.27.